The predicted molar refractivity (Wildman–Crippen MR) is 246 cm³/mol. The molecule has 302 valence electrons. The van der Waals surface area contributed by atoms with Crippen LogP contribution in [-0.4, -0.2) is 19.6 Å². The number of phenols is 1. The Morgan fingerprint density at radius 3 is 2.03 bits per heavy atom. The number of aromatic hydroxyl groups is 1. The Bertz CT molecular complexity index is 3230. The van der Waals surface area contributed by atoms with E-state index in [0.29, 0.717) is 11.4 Å². The Labute approximate surface area is 370 Å². The first-order valence-electron chi connectivity index (χ1n) is 20.5. The van der Waals surface area contributed by atoms with Crippen LogP contribution in [0.2, 0.25) is 0 Å². The SMILES string of the molecule is CC(C)(C)c1ccc(-n2c(-c3ccccc3O)nc3c(-c4[c-]c(-c5cc6oc7ccccc7c6cn5)cc(C(C)(C)c5ccccc5)c4)cccc32)c(-c2ccccc2)c1.[Pt]. The Kier molecular flexibility index (Phi) is 10.1. The van der Waals surface area contributed by atoms with Gasteiger partial charge in [-0.1, -0.05) is 155 Å². The summed E-state index contributed by atoms with van der Waals surface area (Å²) in [7, 11) is 0. The number of aromatic nitrogens is 3. The van der Waals surface area contributed by atoms with Crippen molar-refractivity contribution in [1.29, 1.82) is 0 Å². The van der Waals surface area contributed by atoms with E-state index in [1.807, 2.05) is 54.7 Å². The first-order chi connectivity index (χ1) is 29.0. The molecule has 0 saturated carbocycles. The average Bonchev–Trinajstić information content (AvgIpc) is 3.85. The van der Waals surface area contributed by atoms with E-state index in [9.17, 15) is 5.11 Å². The number of hydrogen-bond acceptors (Lipinski definition) is 4. The van der Waals surface area contributed by atoms with Gasteiger partial charge in [-0.25, -0.2) is 4.98 Å². The van der Waals surface area contributed by atoms with Crippen LogP contribution < -0.4 is 0 Å². The Morgan fingerprint density at radius 2 is 1.26 bits per heavy atom. The number of para-hydroxylation sites is 3. The van der Waals surface area contributed by atoms with Gasteiger partial charge in [0, 0.05) is 54.7 Å². The number of fused-ring (bicyclic) bond motifs is 4. The molecule has 6 heteroatoms. The monoisotopic (exact) mass is 973 g/mol. The van der Waals surface area contributed by atoms with Gasteiger partial charge in [0.2, 0.25) is 0 Å². The molecule has 1 N–H and O–H groups in total. The third kappa shape index (κ3) is 7.07. The zero-order chi connectivity index (χ0) is 41.2. The summed E-state index contributed by atoms with van der Waals surface area (Å²) in [5.74, 6) is 0.810. The van der Waals surface area contributed by atoms with Crippen LogP contribution in [0.5, 0.6) is 5.75 Å². The number of pyridine rings is 1. The summed E-state index contributed by atoms with van der Waals surface area (Å²) in [5, 5.41) is 13.5. The average molecular weight is 974 g/mol. The molecule has 0 aliphatic heterocycles. The number of imidazole rings is 1. The third-order valence-corrected chi connectivity index (χ3v) is 11.9. The molecule has 0 atom stereocenters. The topological polar surface area (TPSA) is 64.1 Å². The summed E-state index contributed by atoms with van der Waals surface area (Å²) in [6.45, 7) is 11.3. The zero-order valence-electron chi connectivity index (χ0n) is 34.7. The van der Waals surface area contributed by atoms with Crippen LogP contribution in [0, 0.1) is 6.07 Å². The van der Waals surface area contributed by atoms with Crippen LogP contribution in [0.3, 0.4) is 0 Å². The van der Waals surface area contributed by atoms with Crippen molar-refractivity contribution in [2.24, 2.45) is 0 Å². The number of rotatable bonds is 7. The van der Waals surface area contributed by atoms with Gasteiger partial charge in [0.25, 0.3) is 0 Å². The van der Waals surface area contributed by atoms with Gasteiger partial charge in [-0.15, -0.1) is 29.3 Å². The quantitative estimate of drug-likeness (QED) is 0.162. The number of phenolic OH excluding ortho intramolecular Hbond substituents is 1. The van der Waals surface area contributed by atoms with Crippen molar-refractivity contribution in [1.82, 2.24) is 14.5 Å². The van der Waals surface area contributed by atoms with E-state index in [4.69, 9.17) is 14.4 Å². The van der Waals surface area contributed by atoms with E-state index in [0.717, 1.165) is 77.7 Å². The maximum atomic E-state index is 11.4. The second-order valence-corrected chi connectivity index (χ2v) is 17.2. The van der Waals surface area contributed by atoms with Crippen molar-refractivity contribution in [2.75, 3.05) is 0 Å². The van der Waals surface area contributed by atoms with Crippen LogP contribution in [0.15, 0.2) is 174 Å². The molecule has 10 aromatic rings. The number of furan rings is 1. The van der Waals surface area contributed by atoms with Gasteiger partial charge in [-0.05, 0) is 64.6 Å². The molecule has 0 saturated heterocycles. The molecule has 0 spiro atoms. The second-order valence-electron chi connectivity index (χ2n) is 17.2. The van der Waals surface area contributed by atoms with E-state index in [1.54, 1.807) is 6.07 Å². The van der Waals surface area contributed by atoms with Crippen LogP contribution >= 0.6 is 0 Å². The number of benzene rings is 7. The zero-order valence-corrected chi connectivity index (χ0v) is 37.0. The van der Waals surface area contributed by atoms with E-state index in [2.05, 4.69) is 154 Å². The van der Waals surface area contributed by atoms with Crippen molar-refractivity contribution < 1.29 is 30.6 Å². The largest absolute Gasteiger partial charge is 0.507 e. The van der Waals surface area contributed by atoms with Crippen molar-refractivity contribution in [3.63, 3.8) is 0 Å². The molecule has 0 radical (unpaired) electrons. The van der Waals surface area contributed by atoms with Crippen LogP contribution in [-0.2, 0) is 31.9 Å². The Hall–Kier alpha value is -6.55. The molecule has 0 fully saturated rings. The minimum absolute atomic E-state index is 0. The summed E-state index contributed by atoms with van der Waals surface area (Å²) in [5.41, 5.74) is 13.7. The molecular weight excluding hydrogens is 930 g/mol. The van der Waals surface area contributed by atoms with Gasteiger partial charge < -0.3 is 9.52 Å². The van der Waals surface area contributed by atoms with Crippen LogP contribution in [0.1, 0.15) is 51.3 Å². The minimum Gasteiger partial charge on any atom is -0.507 e. The van der Waals surface area contributed by atoms with Crippen molar-refractivity contribution in [3.05, 3.63) is 193 Å². The maximum absolute atomic E-state index is 11.4. The van der Waals surface area contributed by atoms with Crippen LogP contribution in [0.25, 0.3) is 83.6 Å². The van der Waals surface area contributed by atoms with Crippen molar-refractivity contribution >= 4 is 33.0 Å². The summed E-state index contributed by atoms with van der Waals surface area (Å²) in [6.07, 6.45) is 1.91. The van der Waals surface area contributed by atoms with Crippen LogP contribution in [0.4, 0.5) is 0 Å². The molecule has 0 aliphatic carbocycles. The third-order valence-electron chi connectivity index (χ3n) is 11.9. The van der Waals surface area contributed by atoms with Crippen molar-refractivity contribution in [3.8, 4) is 56.3 Å². The molecule has 7 aromatic carbocycles. The van der Waals surface area contributed by atoms with Gasteiger partial charge in [-0.2, -0.15) is 0 Å². The van der Waals surface area contributed by atoms with Gasteiger partial charge in [0.05, 0.1) is 22.3 Å². The molecule has 0 amide bonds. The molecule has 5 nitrogen and oxygen atoms in total. The Morgan fingerprint density at radius 1 is 0.574 bits per heavy atom. The summed E-state index contributed by atoms with van der Waals surface area (Å²) in [6, 6.07) is 60.0. The van der Waals surface area contributed by atoms with Gasteiger partial charge in [-0.3, -0.25) is 9.55 Å². The van der Waals surface area contributed by atoms with E-state index in [-0.39, 0.29) is 37.6 Å². The molecule has 10 rings (SSSR count). The first kappa shape index (κ1) is 39.9. The van der Waals surface area contributed by atoms with Gasteiger partial charge in [0.1, 0.15) is 22.7 Å². The normalized spacial score (nSPS) is 12.0. The molecule has 3 aromatic heterocycles. The molecule has 61 heavy (non-hydrogen) atoms. The van der Waals surface area contributed by atoms with E-state index < -0.39 is 0 Å². The molecule has 0 unspecified atom stereocenters. The Balaban J connectivity index is 0.00000476. The molecule has 0 aliphatic rings. The summed E-state index contributed by atoms with van der Waals surface area (Å²) < 4.78 is 8.55. The molecule has 0 bridgehead atoms. The van der Waals surface area contributed by atoms with Gasteiger partial charge in [0.15, 0.2) is 0 Å². The molecule has 3 heterocycles. The fourth-order valence-corrected chi connectivity index (χ4v) is 8.45. The number of nitrogens with zero attached hydrogens (tertiary/aromatic N) is 3. The maximum Gasteiger partial charge on any atom is 0.148 e. The second kappa shape index (κ2) is 15.5. The smallest absolute Gasteiger partial charge is 0.148 e. The minimum atomic E-state index is -0.364. The standard InChI is InChI=1S/C55H44N3O2.Pt/c1-54(2,3)39-27-28-47(44(32-39)35-17-8-6-9-18-35)58-48-24-16-23-41(52(48)57-53(58)43-22-12-14-25-49(43)59)36-29-37(31-40(30-36)55(4,5)38-19-10-7-11-20-38)46-33-51-45(34-56-46)42-21-13-15-26-50(42)60-51;/h6-28,30-34,59H,1-5H3;/q-1;. The first-order valence-corrected chi connectivity index (χ1v) is 20.5. The van der Waals surface area contributed by atoms with E-state index >= 15 is 0 Å². The fraction of sp³-hybridized carbons (Fsp3) is 0.127. The predicted octanol–water partition coefficient (Wildman–Crippen LogP) is 14.1. The summed E-state index contributed by atoms with van der Waals surface area (Å²) >= 11 is 0. The molecular formula is C55H44N3O2Pt-. The fourth-order valence-electron chi connectivity index (χ4n) is 8.45. The number of hydrogen-bond donors (Lipinski definition) is 1. The van der Waals surface area contributed by atoms with Crippen molar-refractivity contribution in [2.45, 2.75) is 45.4 Å². The van der Waals surface area contributed by atoms with E-state index in [1.165, 1.54) is 11.1 Å². The summed E-state index contributed by atoms with van der Waals surface area (Å²) in [4.78, 5) is 10.5. The van der Waals surface area contributed by atoms with Gasteiger partial charge >= 0.3 is 0 Å².